The molecule has 1 fully saturated rings. The minimum atomic E-state index is -0.201. The number of amides is 3. The van der Waals surface area contributed by atoms with Gasteiger partial charge in [-0.25, -0.2) is 4.79 Å². The van der Waals surface area contributed by atoms with Gasteiger partial charge in [-0.1, -0.05) is 30.3 Å². The van der Waals surface area contributed by atoms with Crippen LogP contribution < -0.4 is 16.4 Å². The first kappa shape index (κ1) is 17.3. The summed E-state index contributed by atoms with van der Waals surface area (Å²) in [5.41, 5.74) is 6.45. The van der Waals surface area contributed by atoms with Gasteiger partial charge in [0.25, 0.3) is 0 Å². The summed E-state index contributed by atoms with van der Waals surface area (Å²) in [6, 6.07) is 9.66. The van der Waals surface area contributed by atoms with E-state index >= 15 is 0 Å². The van der Waals surface area contributed by atoms with Crippen LogP contribution in [0.4, 0.5) is 4.79 Å². The van der Waals surface area contributed by atoms with E-state index in [2.05, 4.69) is 15.5 Å². The maximum absolute atomic E-state index is 11.7. The first-order valence-electron chi connectivity index (χ1n) is 8.22. The van der Waals surface area contributed by atoms with E-state index in [0.717, 1.165) is 44.5 Å². The van der Waals surface area contributed by atoms with Gasteiger partial charge in [-0.15, -0.1) is 0 Å². The van der Waals surface area contributed by atoms with Crippen LogP contribution in [0, 0.1) is 5.92 Å². The van der Waals surface area contributed by atoms with Crippen LogP contribution in [0.2, 0.25) is 0 Å². The van der Waals surface area contributed by atoms with Crippen LogP contribution in [0.25, 0.3) is 0 Å². The fourth-order valence-electron chi connectivity index (χ4n) is 2.84. The number of carbonyl (C=O) groups excluding carboxylic acids is 2. The van der Waals surface area contributed by atoms with Gasteiger partial charge < -0.3 is 21.3 Å². The van der Waals surface area contributed by atoms with Crippen molar-refractivity contribution in [2.24, 2.45) is 11.7 Å². The predicted octanol–water partition coefficient (Wildman–Crippen LogP) is 1.07. The summed E-state index contributed by atoms with van der Waals surface area (Å²) in [4.78, 5) is 25.2. The van der Waals surface area contributed by atoms with Gasteiger partial charge in [-0.2, -0.15) is 0 Å². The molecule has 0 bridgehead atoms. The van der Waals surface area contributed by atoms with Crippen molar-refractivity contribution in [3.05, 3.63) is 35.9 Å². The van der Waals surface area contributed by atoms with Crippen molar-refractivity contribution in [2.45, 2.75) is 25.8 Å². The average molecular weight is 318 g/mol. The Labute approximate surface area is 137 Å². The molecular weight excluding hydrogens is 292 g/mol. The molecule has 0 saturated carbocycles. The van der Waals surface area contributed by atoms with Crippen LogP contribution in [0.3, 0.4) is 0 Å². The Balaban J connectivity index is 1.56. The van der Waals surface area contributed by atoms with Gasteiger partial charge in [0, 0.05) is 19.6 Å². The number of hydrogen-bond donors (Lipinski definition) is 3. The Morgan fingerprint density at radius 2 is 2.00 bits per heavy atom. The van der Waals surface area contributed by atoms with E-state index in [1.54, 1.807) is 0 Å². The van der Waals surface area contributed by atoms with Crippen LogP contribution in [0.5, 0.6) is 0 Å². The third kappa shape index (κ3) is 6.28. The van der Waals surface area contributed by atoms with Gasteiger partial charge in [0.15, 0.2) is 0 Å². The normalized spacial score (nSPS) is 18.3. The highest BCUT2D eigenvalue weighted by molar-refractivity contribution is 5.77. The molecule has 0 radical (unpaired) electrons. The molecule has 1 heterocycles. The second-order valence-corrected chi connectivity index (χ2v) is 5.99. The summed E-state index contributed by atoms with van der Waals surface area (Å²) in [5.74, 6) is -0.223. The molecule has 6 heteroatoms. The van der Waals surface area contributed by atoms with Crippen LogP contribution in [0.1, 0.15) is 24.8 Å². The summed E-state index contributed by atoms with van der Waals surface area (Å²) in [6.07, 6.45) is 2.77. The molecule has 0 spiro atoms. The van der Waals surface area contributed by atoms with Crippen molar-refractivity contribution in [2.75, 3.05) is 26.2 Å². The topological polar surface area (TPSA) is 87.5 Å². The van der Waals surface area contributed by atoms with Crippen molar-refractivity contribution in [1.82, 2.24) is 15.5 Å². The maximum atomic E-state index is 11.7. The lowest BCUT2D eigenvalue weighted by Gasteiger charge is -2.31. The molecule has 1 aromatic carbocycles. The molecule has 126 valence electrons. The smallest absolute Gasteiger partial charge is 0.315 e. The highest BCUT2D eigenvalue weighted by Crippen LogP contribution is 2.15. The predicted molar refractivity (Wildman–Crippen MR) is 89.7 cm³/mol. The van der Waals surface area contributed by atoms with Crippen LogP contribution in [-0.4, -0.2) is 43.0 Å². The number of hydrogen-bond acceptors (Lipinski definition) is 3. The number of nitrogens with one attached hydrogen (secondary N) is 2. The summed E-state index contributed by atoms with van der Waals surface area (Å²) in [6.45, 7) is 3.78. The fraction of sp³-hybridized carbons (Fsp3) is 0.529. The van der Waals surface area contributed by atoms with Crippen molar-refractivity contribution >= 4 is 11.9 Å². The summed E-state index contributed by atoms with van der Waals surface area (Å²) < 4.78 is 0. The number of primary amides is 1. The first-order chi connectivity index (χ1) is 11.1. The number of nitrogens with zero attached hydrogens (tertiary/aromatic N) is 1. The number of benzene rings is 1. The van der Waals surface area contributed by atoms with Crippen LogP contribution in [-0.2, 0) is 11.3 Å². The zero-order valence-corrected chi connectivity index (χ0v) is 13.5. The van der Waals surface area contributed by atoms with Gasteiger partial charge in [-0.3, -0.25) is 4.79 Å². The molecule has 0 aliphatic carbocycles. The van der Waals surface area contributed by atoms with Crippen LogP contribution in [0.15, 0.2) is 30.3 Å². The van der Waals surface area contributed by atoms with E-state index in [-0.39, 0.29) is 17.9 Å². The Bertz CT molecular complexity index is 507. The third-order valence-electron chi connectivity index (χ3n) is 4.14. The number of nitrogens with two attached hydrogens (primary N) is 1. The second kappa shape index (κ2) is 9.15. The lowest BCUT2D eigenvalue weighted by molar-refractivity contribution is -0.123. The zero-order valence-electron chi connectivity index (χ0n) is 13.5. The molecule has 1 aliphatic heterocycles. The minimum absolute atomic E-state index is 0.0223. The van der Waals surface area contributed by atoms with Gasteiger partial charge in [-0.05, 0) is 37.9 Å². The molecule has 23 heavy (non-hydrogen) atoms. The largest absolute Gasteiger partial charge is 0.369 e. The summed E-state index contributed by atoms with van der Waals surface area (Å²) in [7, 11) is 0. The number of rotatable bonds is 7. The molecule has 3 amide bonds. The summed E-state index contributed by atoms with van der Waals surface area (Å²) in [5, 5.41) is 5.69. The van der Waals surface area contributed by atoms with E-state index in [0.29, 0.717) is 13.1 Å². The van der Waals surface area contributed by atoms with Gasteiger partial charge in [0.05, 0.1) is 5.92 Å². The SMILES string of the molecule is NC(=O)C1CCCN(CCCNC(=O)NCc2ccccc2)C1. The average Bonchev–Trinajstić information content (AvgIpc) is 2.58. The van der Waals surface area contributed by atoms with E-state index < -0.39 is 0 Å². The standard InChI is InChI=1S/C17H26N4O2/c18-16(22)15-8-4-10-21(13-15)11-5-9-19-17(23)20-12-14-6-2-1-3-7-14/h1-3,6-7,15H,4-5,8-13H2,(H2,18,22)(H2,19,20,23). The lowest BCUT2D eigenvalue weighted by Crippen LogP contribution is -2.42. The van der Waals surface area contributed by atoms with E-state index in [1.807, 2.05) is 30.3 Å². The summed E-state index contributed by atoms with van der Waals surface area (Å²) >= 11 is 0. The highest BCUT2D eigenvalue weighted by Gasteiger charge is 2.23. The molecule has 1 aromatic rings. The fourth-order valence-corrected chi connectivity index (χ4v) is 2.84. The Morgan fingerprint density at radius 3 is 2.74 bits per heavy atom. The monoisotopic (exact) mass is 318 g/mol. The van der Waals surface area contributed by atoms with E-state index in [9.17, 15) is 9.59 Å². The molecule has 1 unspecified atom stereocenters. The van der Waals surface area contributed by atoms with Crippen LogP contribution >= 0.6 is 0 Å². The number of likely N-dealkylation sites (tertiary alicyclic amines) is 1. The second-order valence-electron chi connectivity index (χ2n) is 5.99. The zero-order chi connectivity index (χ0) is 16.5. The molecule has 6 nitrogen and oxygen atoms in total. The van der Waals surface area contributed by atoms with Crippen molar-refractivity contribution in [3.8, 4) is 0 Å². The maximum Gasteiger partial charge on any atom is 0.315 e. The number of carbonyl (C=O) groups is 2. The highest BCUT2D eigenvalue weighted by atomic mass is 16.2. The Hall–Kier alpha value is -2.08. The van der Waals surface area contributed by atoms with E-state index in [1.165, 1.54) is 0 Å². The quantitative estimate of drug-likeness (QED) is 0.657. The number of piperidine rings is 1. The van der Waals surface area contributed by atoms with Gasteiger partial charge in [0.2, 0.25) is 5.91 Å². The van der Waals surface area contributed by atoms with E-state index in [4.69, 9.17) is 5.73 Å². The minimum Gasteiger partial charge on any atom is -0.369 e. The van der Waals surface area contributed by atoms with Gasteiger partial charge >= 0.3 is 6.03 Å². The van der Waals surface area contributed by atoms with Crippen molar-refractivity contribution in [3.63, 3.8) is 0 Å². The molecule has 1 atom stereocenters. The Morgan fingerprint density at radius 1 is 1.22 bits per heavy atom. The molecule has 0 aromatic heterocycles. The van der Waals surface area contributed by atoms with Crippen molar-refractivity contribution < 1.29 is 9.59 Å². The first-order valence-corrected chi connectivity index (χ1v) is 8.22. The third-order valence-corrected chi connectivity index (χ3v) is 4.14. The Kier molecular flexibility index (Phi) is 6.87. The molecular formula is C17H26N4O2. The molecule has 1 aliphatic rings. The number of urea groups is 1. The van der Waals surface area contributed by atoms with Gasteiger partial charge in [0.1, 0.15) is 0 Å². The molecule has 4 N–H and O–H groups in total. The van der Waals surface area contributed by atoms with Crippen molar-refractivity contribution in [1.29, 1.82) is 0 Å². The lowest BCUT2D eigenvalue weighted by atomic mass is 9.97. The molecule has 2 rings (SSSR count). The molecule has 1 saturated heterocycles.